The molecule has 1 aromatic rings. The molecule has 0 aliphatic carbocycles. The molecule has 1 aliphatic heterocycles. The Morgan fingerprint density at radius 2 is 1.95 bits per heavy atom. The van der Waals surface area contributed by atoms with Crippen LogP contribution in [-0.2, 0) is 10.0 Å². The molecule has 0 aromatic heterocycles. The zero-order valence-corrected chi connectivity index (χ0v) is 13.5. The molecule has 1 fully saturated rings. The highest BCUT2D eigenvalue weighted by Gasteiger charge is 2.45. The lowest BCUT2D eigenvalue weighted by atomic mass is 10.0. The van der Waals surface area contributed by atoms with Gasteiger partial charge in [0.2, 0.25) is 10.0 Å². The van der Waals surface area contributed by atoms with Crippen LogP contribution in [0.5, 0.6) is 0 Å². The highest BCUT2D eigenvalue weighted by Crippen LogP contribution is 2.39. The van der Waals surface area contributed by atoms with Crippen LogP contribution in [0.3, 0.4) is 0 Å². The van der Waals surface area contributed by atoms with E-state index < -0.39 is 32.8 Å². The van der Waals surface area contributed by atoms with E-state index in [0.29, 0.717) is 5.56 Å². The fourth-order valence-electron chi connectivity index (χ4n) is 2.55. The molecule has 2 atom stereocenters. The van der Waals surface area contributed by atoms with Crippen LogP contribution < -0.4 is 0 Å². The summed E-state index contributed by atoms with van der Waals surface area (Å²) in [5.74, 6) is -0.635. The van der Waals surface area contributed by atoms with Crippen LogP contribution in [0.2, 0.25) is 0 Å². The molecule has 0 radical (unpaired) electrons. The van der Waals surface area contributed by atoms with Crippen molar-refractivity contribution in [3.63, 3.8) is 0 Å². The summed E-state index contributed by atoms with van der Waals surface area (Å²) in [7, 11) is -3.75. The Balaban J connectivity index is 2.50. The second kappa shape index (κ2) is 5.60. The number of alkyl halides is 1. The molecule has 2 rings (SSSR count). The lowest BCUT2D eigenvalue weighted by molar-refractivity contribution is 0.339. The minimum atomic E-state index is -3.75. The van der Waals surface area contributed by atoms with Crippen molar-refractivity contribution in [3.8, 4) is 6.07 Å². The Bertz CT molecular complexity index is 720. The van der Waals surface area contributed by atoms with Crippen LogP contribution in [0.1, 0.15) is 44.4 Å². The van der Waals surface area contributed by atoms with Crippen molar-refractivity contribution < 1.29 is 17.2 Å². The quantitative estimate of drug-likeness (QED) is 0.838. The third-order valence-electron chi connectivity index (χ3n) is 3.72. The molecule has 22 heavy (non-hydrogen) atoms. The molecule has 1 aliphatic rings. The molecular formula is C15H18F2N2O2S. The molecule has 0 bridgehead atoms. The van der Waals surface area contributed by atoms with E-state index in [1.807, 2.05) is 6.07 Å². The van der Waals surface area contributed by atoms with Crippen LogP contribution in [0.25, 0.3) is 0 Å². The summed E-state index contributed by atoms with van der Waals surface area (Å²) >= 11 is 0. The van der Waals surface area contributed by atoms with Crippen LogP contribution in [0, 0.1) is 17.1 Å². The van der Waals surface area contributed by atoms with Crippen LogP contribution in [0.4, 0.5) is 8.78 Å². The summed E-state index contributed by atoms with van der Waals surface area (Å²) in [5, 5.41) is 8.91. The summed E-state index contributed by atoms with van der Waals surface area (Å²) in [6, 6.07) is 4.67. The highest BCUT2D eigenvalue weighted by atomic mass is 32.2. The largest absolute Gasteiger partial charge is 0.246 e. The zero-order valence-electron chi connectivity index (χ0n) is 12.7. The summed E-state index contributed by atoms with van der Waals surface area (Å²) in [4.78, 5) is 0. The van der Waals surface area contributed by atoms with Gasteiger partial charge in [0.05, 0.1) is 22.4 Å². The van der Waals surface area contributed by atoms with E-state index in [-0.39, 0.29) is 18.5 Å². The minimum absolute atomic E-state index is 0.0381. The van der Waals surface area contributed by atoms with Gasteiger partial charge >= 0.3 is 0 Å². The second-order valence-electron chi connectivity index (χ2n) is 6.42. The number of rotatable bonds is 2. The predicted octanol–water partition coefficient (Wildman–Crippen LogP) is 2.91. The van der Waals surface area contributed by atoms with Gasteiger partial charge in [0.15, 0.2) is 0 Å². The van der Waals surface area contributed by atoms with Gasteiger partial charge in [-0.25, -0.2) is 17.2 Å². The normalized spacial score (nSPS) is 23.5. The second-order valence-corrected chi connectivity index (χ2v) is 9.06. The molecule has 0 spiro atoms. The van der Waals surface area contributed by atoms with Crippen molar-refractivity contribution in [1.82, 2.24) is 4.31 Å². The molecule has 1 aromatic carbocycles. The fraction of sp³-hybridized carbons (Fsp3) is 0.533. The number of benzene rings is 1. The average molecular weight is 328 g/mol. The molecular weight excluding hydrogens is 310 g/mol. The molecule has 0 amide bonds. The topological polar surface area (TPSA) is 61.2 Å². The van der Waals surface area contributed by atoms with Gasteiger partial charge in [-0.3, -0.25) is 0 Å². The number of hydrogen-bond acceptors (Lipinski definition) is 3. The van der Waals surface area contributed by atoms with Gasteiger partial charge in [0, 0.05) is 13.0 Å². The third kappa shape index (κ3) is 2.99. The van der Waals surface area contributed by atoms with Gasteiger partial charge in [-0.05, 0) is 44.5 Å². The Morgan fingerprint density at radius 1 is 1.32 bits per heavy atom. The van der Waals surface area contributed by atoms with E-state index in [2.05, 4.69) is 0 Å². The lowest BCUT2D eigenvalue weighted by Gasteiger charge is -2.31. The first kappa shape index (κ1) is 16.8. The van der Waals surface area contributed by atoms with Gasteiger partial charge in [0.25, 0.3) is 0 Å². The fourth-order valence-corrected chi connectivity index (χ4v) is 4.15. The predicted molar refractivity (Wildman–Crippen MR) is 78.7 cm³/mol. The van der Waals surface area contributed by atoms with Crippen molar-refractivity contribution in [3.05, 3.63) is 35.1 Å². The maximum Gasteiger partial charge on any atom is 0.219 e. The van der Waals surface area contributed by atoms with Crippen molar-refractivity contribution in [2.24, 2.45) is 0 Å². The van der Waals surface area contributed by atoms with E-state index in [4.69, 9.17) is 5.26 Å². The maximum absolute atomic E-state index is 13.8. The van der Waals surface area contributed by atoms with E-state index in [0.717, 1.165) is 16.4 Å². The molecule has 120 valence electrons. The van der Waals surface area contributed by atoms with Crippen molar-refractivity contribution in [2.75, 3.05) is 6.54 Å². The van der Waals surface area contributed by atoms with Gasteiger partial charge in [-0.2, -0.15) is 9.57 Å². The van der Waals surface area contributed by atoms with Gasteiger partial charge in [-0.15, -0.1) is 0 Å². The van der Waals surface area contributed by atoms with E-state index in [1.165, 1.54) is 26.8 Å². The monoisotopic (exact) mass is 328 g/mol. The van der Waals surface area contributed by atoms with E-state index in [9.17, 15) is 17.2 Å². The first-order valence-electron chi connectivity index (χ1n) is 6.92. The summed E-state index contributed by atoms with van der Waals surface area (Å²) in [6.07, 6.45) is -1.35. The number of nitrogens with zero attached hydrogens (tertiary/aromatic N) is 2. The van der Waals surface area contributed by atoms with Crippen molar-refractivity contribution >= 4 is 10.0 Å². The molecule has 1 saturated heterocycles. The highest BCUT2D eigenvalue weighted by molar-refractivity contribution is 7.90. The average Bonchev–Trinajstić information content (AvgIpc) is 2.79. The van der Waals surface area contributed by atoms with Crippen LogP contribution in [0.15, 0.2) is 18.2 Å². The smallest absolute Gasteiger partial charge is 0.219 e. The Morgan fingerprint density at radius 3 is 2.50 bits per heavy atom. The molecule has 1 heterocycles. The van der Waals surface area contributed by atoms with Gasteiger partial charge in [-0.1, -0.05) is 0 Å². The first-order valence-corrected chi connectivity index (χ1v) is 8.36. The lowest BCUT2D eigenvalue weighted by Crippen LogP contribution is -2.43. The molecule has 7 heteroatoms. The van der Waals surface area contributed by atoms with Crippen molar-refractivity contribution in [2.45, 2.75) is 44.2 Å². The number of halogens is 2. The molecule has 0 N–H and O–H groups in total. The summed E-state index contributed by atoms with van der Waals surface area (Å²) in [6.45, 7) is 4.37. The first-order chi connectivity index (χ1) is 10.1. The van der Waals surface area contributed by atoms with E-state index >= 15 is 0 Å². The van der Waals surface area contributed by atoms with Crippen LogP contribution in [-0.4, -0.2) is 30.2 Å². The molecule has 0 saturated carbocycles. The standard InChI is InChI=1S/C15H18F2N2O2S/c1-15(2,3)22(20,21)19-9-13(17)7-14(19)11-4-10(8-18)5-12(16)6-11/h4-6,13-14H,7,9H2,1-3H3/t13-,14+/m0/s1. The SMILES string of the molecule is CC(C)(C)S(=O)(=O)N1C[C@@H](F)C[C@@H]1c1cc(F)cc(C#N)c1. The summed E-state index contributed by atoms with van der Waals surface area (Å²) < 4.78 is 52.7. The Hall–Kier alpha value is -1.52. The number of sulfonamides is 1. The Kier molecular flexibility index (Phi) is 4.28. The van der Waals surface area contributed by atoms with Gasteiger partial charge < -0.3 is 0 Å². The molecule has 4 nitrogen and oxygen atoms in total. The maximum atomic E-state index is 13.8. The third-order valence-corrected chi connectivity index (χ3v) is 6.29. The molecule has 0 unspecified atom stereocenters. The van der Waals surface area contributed by atoms with Crippen molar-refractivity contribution in [1.29, 1.82) is 5.26 Å². The minimum Gasteiger partial charge on any atom is -0.246 e. The van der Waals surface area contributed by atoms with E-state index in [1.54, 1.807) is 0 Å². The number of hydrogen-bond donors (Lipinski definition) is 0. The Labute approximate surface area is 129 Å². The van der Waals surface area contributed by atoms with Gasteiger partial charge in [0.1, 0.15) is 12.0 Å². The summed E-state index contributed by atoms with van der Waals surface area (Å²) in [5.41, 5.74) is 0.398. The van der Waals surface area contributed by atoms with Crippen LogP contribution >= 0.6 is 0 Å². The zero-order chi connectivity index (χ0) is 16.7. The number of nitriles is 1.